The number of aromatic amines is 1. The molecule has 0 bridgehead atoms. The van der Waals surface area contributed by atoms with Gasteiger partial charge in [0.15, 0.2) is 0 Å². The van der Waals surface area contributed by atoms with Crippen LogP contribution in [0.15, 0.2) is 12.5 Å². The fourth-order valence-electron chi connectivity index (χ4n) is 2.07. The Labute approximate surface area is 102 Å². The molecule has 1 aliphatic rings. The van der Waals surface area contributed by atoms with Gasteiger partial charge in [0, 0.05) is 36.7 Å². The summed E-state index contributed by atoms with van der Waals surface area (Å²) in [5.41, 5.74) is 1.66. The number of hydrogen-bond acceptors (Lipinski definition) is 3. The first-order valence-electron chi connectivity index (χ1n) is 5.97. The zero-order valence-electron chi connectivity index (χ0n) is 10.1. The molecule has 0 spiro atoms. The molecule has 4 heteroatoms. The number of thioether (sulfide) groups is 1. The van der Waals surface area contributed by atoms with Crippen LogP contribution in [0.5, 0.6) is 0 Å². The van der Waals surface area contributed by atoms with Crippen LogP contribution in [0.2, 0.25) is 0 Å². The van der Waals surface area contributed by atoms with E-state index in [1.54, 1.807) is 6.33 Å². The van der Waals surface area contributed by atoms with Crippen LogP contribution in [0.4, 0.5) is 0 Å². The van der Waals surface area contributed by atoms with Gasteiger partial charge >= 0.3 is 0 Å². The fraction of sp³-hybridized carbons (Fsp3) is 0.750. The summed E-state index contributed by atoms with van der Waals surface area (Å²) in [6.07, 6.45) is 6.01. The van der Waals surface area contributed by atoms with Crippen molar-refractivity contribution in [3.05, 3.63) is 18.2 Å². The number of hydrogen-bond donors (Lipinski definition) is 2. The normalized spacial score (nSPS) is 24.5. The van der Waals surface area contributed by atoms with Crippen LogP contribution in [0.25, 0.3) is 0 Å². The Morgan fingerprint density at radius 3 is 3.19 bits per heavy atom. The predicted octanol–water partition coefficient (Wildman–Crippen LogP) is 2.07. The van der Waals surface area contributed by atoms with Gasteiger partial charge in [-0.1, -0.05) is 13.8 Å². The third kappa shape index (κ3) is 3.01. The van der Waals surface area contributed by atoms with Crippen molar-refractivity contribution in [1.29, 1.82) is 0 Å². The lowest BCUT2D eigenvalue weighted by Gasteiger charge is -2.38. The van der Waals surface area contributed by atoms with Crippen molar-refractivity contribution in [3.8, 4) is 0 Å². The Bertz CT molecular complexity index is 308. The monoisotopic (exact) mass is 239 g/mol. The van der Waals surface area contributed by atoms with Crippen LogP contribution in [0.1, 0.15) is 26.0 Å². The highest BCUT2D eigenvalue weighted by Crippen LogP contribution is 2.33. The lowest BCUT2D eigenvalue weighted by atomic mass is 9.82. The molecule has 2 N–H and O–H groups in total. The van der Waals surface area contributed by atoms with E-state index in [0.29, 0.717) is 11.5 Å². The minimum atomic E-state index is 0.444. The largest absolute Gasteiger partial charge is 0.348 e. The highest BCUT2D eigenvalue weighted by Gasteiger charge is 2.31. The van der Waals surface area contributed by atoms with E-state index in [1.807, 2.05) is 6.20 Å². The van der Waals surface area contributed by atoms with Gasteiger partial charge in [0.05, 0.1) is 6.33 Å². The maximum absolute atomic E-state index is 4.03. The van der Waals surface area contributed by atoms with Crippen molar-refractivity contribution in [2.24, 2.45) is 5.41 Å². The van der Waals surface area contributed by atoms with Gasteiger partial charge in [0.1, 0.15) is 0 Å². The molecule has 1 aromatic heterocycles. The fourth-order valence-corrected chi connectivity index (χ4v) is 3.72. The molecule has 90 valence electrons. The van der Waals surface area contributed by atoms with Gasteiger partial charge in [0.25, 0.3) is 0 Å². The molecular weight excluding hydrogens is 218 g/mol. The number of imidazole rings is 1. The molecule has 2 rings (SSSR count). The van der Waals surface area contributed by atoms with Gasteiger partial charge in [0.2, 0.25) is 0 Å². The van der Waals surface area contributed by atoms with Crippen molar-refractivity contribution < 1.29 is 0 Å². The average molecular weight is 239 g/mol. The van der Waals surface area contributed by atoms with Gasteiger partial charge < -0.3 is 10.3 Å². The Balaban J connectivity index is 1.76. The number of rotatable bonds is 4. The highest BCUT2D eigenvalue weighted by atomic mass is 32.2. The van der Waals surface area contributed by atoms with Gasteiger partial charge in [-0.05, 0) is 17.6 Å². The zero-order valence-corrected chi connectivity index (χ0v) is 10.9. The second-order valence-electron chi connectivity index (χ2n) is 5.15. The van der Waals surface area contributed by atoms with Crippen molar-refractivity contribution in [3.63, 3.8) is 0 Å². The summed E-state index contributed by atoms with van der Waals surface area (Å²) in [6, 6.07) is 0.647. The zero-order chi connectivity index (χ0) is 11.4. The smallest absolute Gasteiger partial charge is 0.0921 e. The first-order chi connectivity index (χ1) is 7.68. The molecule has 0 radical (unpaired) electrons. The minimum Gasteiger partial charge on any atom is -0.348 e. The van der Waals surface area contributed by atoms with E-state index in [0.717, 1.165) is 13.0 Å². The van der Waals surface area contributed by atoms with E-state index >= 15 is 0 Å². The molecule has 3 nitrogen and oxygen atoms in total. The lowest BCUT2D eigenvalue weighted by Crippen LogP contribution is -2.47. The van der Waals surface area contributed by atoms with Crippen LogP contribution < -0.4 is 5.32 Å². The van der Waals surface area contributed by atoms with Crippen LogP contribution >= 0.6 is 11.8 Å². The van der Waals surface area contributed by atoms with E-state index in [1.165, 1.54) is 23.6 Å². The molecule has 0 aromatic carbocycles. The molecule has 1 aromatic rings. The summed E-state index contributed by atoms with van der Waals surface area (Å²) in [4.78, 5) is 7.17. The number of aromatic nitrogens is 2. The van der Waals surface area contributed by atoms with Crippen LogP contribution in [0.3, 0.4) is 0 Å². The molecule has 2 heterocycles. The maximum Gasteiger partial charge on any atom is 0.0921 e. The molecule has 1 aliphatic heterocycles. The van der Waals surface area contributed by atoms with E-state index in [4.69, 9.17) is 0 Å². The van der Waals surface area contributed by atoms with Gasteiger partial charge in [-0.2, -0.15) is 11.8 Å². The van der Waals surface area contributed by atoms with E-state index < -0.39 is 0 Å². The molecule has 1 unspecified atom stereocenters. The Morgan fingerprint density at radius 2 is 2.50 bits per heavy atom. The van der Waals surface area contributed by atoms with E-state index in [-0.39, 0.29) is 0 Å². The maximum atomic E-state index is 4.03. The van der Waals surface area contributed by atoms with Crippen LogP contribution in [-0.2, 0) is 6.42 Å². The highest BCUT2D eigenvalue weighted by molar-refractivity contribution is 7.99. The standard InChI is InChI=1S/C12H21N3S/c1-12(2)4-6-16-8-11(12)14-5-3-10-7-13-9-15-10/h7,9,11,14H,3-6,8H2,1-2H3,(H,13,15). The summed E-state index contributed by atoms with van der Waals surface area (Å²) < 4.78 is 0. The molecule has 1 atom stereocenters. The Morgan fingerprint density at radius 1 is 1.62 bits per heavy atom. The average Bonchev–Trinajstić information content (AvgIpc) is 2.73. The van der Waals surface area contributed by atoms with E-state index in [9.17, 15) is 0 Å². The molecule has 0 amide bonds. The molecule has 16 heavy (non-hydrogen) atoms. The molecule has 1 saturated heterocycles. The minimum absolute atomic E-state index is 0.444. The topological polar surface area (TPSA) is 40.7 Å². The third-order valence-corrected chi connectivity index (χ3v) is 4.52. The van der Waals surface area contributed by atoms with Crippen molar-refractivity contribution in [1.82, 2.24) is 15.3 Å². The molecule has 0 aliphatic carbocycles. The van der Waals surface area contributed by atoms with Gasteiger partial charge in [-0.25, -0.2) is 4.98 Å². The summed E-state index contributed by atoms with van der Waals surface area (Å²) in [6.45, 7) is 5.79. The summed E-state index contributed by atoms with van der Waals surface area (Å²) in [5, 5.41) is 3.68. The summed E-state index contributed by atoms with van der Waals surface area (Å²) >= 11 is 2.07. The lowest BCUT2D eigenvalue weighted by molar-refractivity contribution is 0.247. The number of nitrogens with zero attached hydrogens (tertiary/aromatic N) is 1. The van der Waals surface area contributed by atoms with E-state index in [2.05, 4.69) is 40.9 Å². The van der Waals surface area contributed by atoms with Gasteiger partial charge in [-0.15, -0.1) is 0 Å². The summed E-state index contributed by atoms with van der Waals surface area (Å²) in [7, 11) is 0. The SMILES string of the molecule is CC1(C)CCSCC1NCCc1cnc[nH]1. The second-order valence-corrected chi connectivity index (χ2v) is 6.30. The Kier molecular flexibility index (Phi) is 3.92. The number of H-pyrrole nitrogens is 1. The molecule has 0 saturated carbocycles. The van der Waals surface area contributed by atoms with Crippen molar-refractivity contribution >= 4 is 11.8 Å². The first kappa shape index (κ1) is 12.0. The molecular formula is C12H21N3S. The van der Waals surface area contributed by atoms with Crippen molar-refractivity contribution in [2.45, 2.75) is 32.7 Å². The Hall–Kier alpha value is -0.480. The predicted molar refractivity (Wildman–Crippen MR) is 69.8 cm³/mol. The molecule has 1 fully saturated rings. The summed E-state index contributed by atoms with van der Waals surface area (Å²) in [5.74, 6) is 2.56. The van der Waals surface area contributed by atoms with Crippen LogP contribution in [0, 0.1) is 5.41 Å². The van der Waals surface area contributed by atoms with Crippen LogP contribution in [-0.4, -0.2) is 34.1 Å². The first-order valence-corrected chi connectivity index (χ1v) is 7.12. The number of nitrogens with one attached hydrogen (secondary N) is 2. The second kappa shape index (κ2) is 5.23. The van der Waals surface area contributed by atoms with Gasteiger partial charge in [-0.3, -0.25) is 0 Å². The third-order valence-electron chi connectivity index (χ3n) is 3.46. The van der Waals surface area contributed by atoms with Crippen molar-refractivity contribution in [2.75, 3.05) is 18.1 Å². The quantitative estimate of drug-likeness (QED) is 0.845.